The average molecular weight is 258 g/mol. The van der Waals surface area contributed by atoms with Crippen molar-refractivity contribution in [3.8, 4) is 0 Å². The smallest absolute Gasteiger partial charge is 0.123 e. The molecule has 0 amide bonds. The minimum atomic E-state index is -0.244. The van der Waals surface area contributed by atoms with Crippen molar-refractivity contribution in [3.05, 3.63) is 70.5 Å². The van der Waals surface area contributed by atoms with E-state index in [1.54, 1.807) is 12.1 Å². The molecule has 1 atom stereocenters. The van der Waals surface area contributed by atoms with Gasteiger partial charge in [0.1, 0.15) is 5.82 Å². The third kappa shape index (κ3) is 3.65. The van der Waals surface area contributed by atoms with Crippen LogP contribution in [-0.2, 0) is 6.42 Å². The number of hydrogen-bond acceptors (Lipinski definition) is 1. The Hall–Kier alpha value is -1.67. The fourth-order valence-electron chi connectivity index (χ4n) is 2.49. The molecule has 2 aromatic carbocycles. The second-order valence-corrected chi connectivity index (χ2v) is 5.13. The zero-order valence-electron chi connectivity index (χ0n) is 11.4. The summed E-state index contributed by atoms with van der Waals surface area (Å²) < 4.78 is 12.9. The number of halogens is 1. The van der Waals surface area contributed by atoms with Gasteiger partial charge in [-0.1, -0.05) is 41.5 Å². The summed E-state index contributed by atoms with van der Waals surface area (Å²) in [7, 11) is 0. The molecule has 1 N–H and O–H groups in total. The lowest BCUT2D eigenvalue weighted by Gasteiger charge is -2.15. The van der Waals surface area contributed by atoms with Gasteiger partial charge in [-0.25, -0.2) is 4.39 Å². The second-order valence-electron chi connectivity index (χ2n) is 5.13. The van der Waals surface area contributed by atoms with Gasteiger partial charge in [-0.3, -0.25) is 0 Å². The van der Waals surface area contributed by atoms with E-state index in [0.717, 1.165) is 12.0 Å². The van der Waals surface area contributed by atoms with Gasteiger partial charge in [0, 0.05) is 5.92 Å². The van der Waals surface area contributed by atoms with Crippen LogP contribution in [0.2, 0.25) is 0 Å². The minimum absolute atomic E-state index is 0.0156. The van der Waals surface area contributed by atoms with Crippen LogP contribution < -0.4 is 0 Å². The van der Waals surface area contributed by atoms with E-state index in [4.69, 9.17) is 0 Å². The molecule has 1 unspecified atom stereocenters. The van der Waals surface area contributed by atoms with Crippen molar-refractivity contribution in [2.75, 3.05) is 6.61 Å². The lowest BCUT2D eigenvalue weighted by molar-refractivity contribution is 0.264. The van der Waals surface area contributed by atoms with E-state index < -0.39 is 0 Å². The van der Waals surface area contributed by atoms with E-state index in [0.29, 0.717) is 0 Å². The van der Waals surface area contributed by atoms with Crippen molar-refractivity contribution >= 4 is 0 Å². The summed E-state index contributed by atoms with van der Waals surface area (Å²) in [6.45, 7) is 4.21. The molecular weight excluding hydrogens is 239 g/mol. The Kier molecular flexibility index (Phi) is 4.33. The first-order chi connectivity index (χ1) is 9.08. The molecule has 2 rings (SSSR count). The SMILES string of the molecule is Cc1cc(C)cc(CC(CO)c2ccc(F)cc2)c1. The third-order valence-corrected chi connectivity index (χ3v) is 3.33. The van der Waals surface area contributed by atoms with Crippen LogP contribution in [0.3, 0.4) is 0 Å². The van der Waals surface area contributed by atoms with E-state index in [2.05, 4.69) is 32.0 Å². The summed E-state index contributed by atoms with van der Waals surface area (Å²) in [5, 5.41) is 9.55. The Morgan fingerprint density at radius 3 is 2.11 bits per heavy atom. The van der Waals surface area contributed by atoms with Crippen LogP contribution in [0.1, 0.15) is 28.2 Å². The van der Waals surface area contributed by atoms with E-state index >= 15 is 0 Å². The van der Waals surface area contributed by atoms with Crippen LogP contribution >= 0.6 is 0 Å². The molecule has 0 saturated carbocycles. The highest BCUT2D eigenvalue weighted by Gasteiger charge is 2.12. The number of hydrogen-bond donors (Lipinski definition) is 1. The van der Waals surface area contributed by atoms with Crippen molar-refractivity contribution < 1.29 is 9.50 Å². The van der Waals surface area contributed by atoms with Crippen molar-refractivity contribution in [3.63, 3.8) is 0 Å². The predicted molar refractivity (Wildman–Crippen MR) is 75.8 cm³/mol. The fourth-order valence-corrected chi connectivity index (χ4v) is 2.49. The van der Waals surface area contributed by atoms with Crippen LogP contribution in [0, 0.1) is 19.7 Å². The van der Waals surface area contributed by atoms with Crippen LogP contribution in [-0.4, -0.2) is 11.7 Å². The standard InChI is InChI=1S/C17H19FO/c1-12-7-13(2)9-14(8-12)10-16(11-19)15-3-5-17(18)6-4-15/h3-9,16,19H,10-11H2,1-2H3. The highest BCUT2D eigenvalue weighted by Crippen LogP contribution is 2.22. The van der Waals surface area contributed by atoms with Gasteiger partial charge in [0.2, 0.25) is 0 Å². The largest absolute Gasteiger partial charge is 0.396 e. The normalized spacial score (nSPS) is 12.4. The zero-order valence-corrected chi connectivity index (χ0v) is 11.4. The molecule has 0 radical (unpaired) electrons. The van der Waals surface area contributed by atoms with E-state index in [9.17, 15) is 9.50 Å². The molecule has 0 spiro atoms. The number of rotatable bonds is 4. The highest BCUT2D eigenvalue weighted by molar-refractivity contribution is 5.31. The first kappa shape index (κ1) is 13.8. The predicted octanol–water partition coefficient (Wildman–Crippen LogP) is 3.76. The summed E-state index contributed by atoms with van der Waals surface area (Å²) in [5.41, 5.74) is 4.64. The number of benzene rings is 2. The van der Waals surface area contributed by atoms with Crippen LogP contribution in [0.4, 0.5) is 4.39 Å². The molecule has 1 nitrogen and oxygen atoms in total. The van der Waals surface area contributed by atoms with Gasteiger partial charge in [0.25, 0.3) is 0 Å². The Morgan fingerprint density at radius 1 is 1.00 bits per heavy atom. The number of aryl methyl sites for hydroxylation is 2. The number of aliphatic hydroxyl groups is 1. The topological polar surface area (TPSA) is 20.2 Å². The third-order valence-electron chi connectivity index (χ3n) is 3.33. The maximum atomic E-state index is 12.9. The molecule has 0 bridgehead atoms. The van der Waals surface area contributed by atoms with Crippen molar-refractivity contribution in [2.45, 2.75) is 26.2 Å². The Bertz CT molecular complexity index is 525. The summed E-state index contributed by atoms with van der Waals surface area (Å²) in [6.07, 6.45) is 0.769. The Morgan fingerprint density at radius 2 is 1.58 bits per heavy atom. The molecule has 0 aliphatic rings. The Balaban J connectivity index is 2.21. The van der Waals surface area contributed by atoms with Gasteiger partial charge >= 0.3 is 0 Å². The fraction of sp³-hybridized carbons (Fsp3) is 0.294. The van der Waals surface area contributed by atoms with Gasteiger partial charge in [-0.15, -0.1) is 0 Å². The van der Waals surface area contributed by atoms with Gasteiger partial charge in [0.15, 0.2) is 0 Å². The zero-order chi connectivity index (χ0) is 13.8. The van der Waals surface area contributed by atoms with Crippen LogP contribution in [0.5, 0.6) is 0 Å². The molecule has 0 saturated heterocycles. The Labute approximate surface area is 113 Å². The average Bonchev–Trinajstić information content (AvgIpc) is 2.36. The maximum absolute atomic E-state index is 12.9. The summed E-state index contributed by atoms with van der Waals surface area (Å²) in [5.74, 6) is -0.228. The van der Waals surface area contributed by atoms with E-state index in [-0.39, 0.29) is 18.3 Å². The first-order valence-electron chi connectivity index (χ1n) is 6.52. The quantitative estimate of drug-likeness (QED) is 0.885. The molecule has 100 valence electrons. The lowest BCUT2D eigenvalue weighted by atomic mass is 9.91. The van der Waals surface area contributed by atoms with Gasteiger partial charge < -0.3 is 5.11 Å². The first-order valence-corrected chi connectivity index (χ1v) is 6.52. The summed E-state index contributed by atoms with van der Waals surface area (Å²) >= 11 is 0. The van der Waals surface area contributed by atoms with Crippen LogP contribution in [0.25, 0.3) is 0 Å². The van der Waals surface area contributed by atoms with Crippen molar-refractivity contribution in [1.29, 1.82) is 0 Å². The number of aliphatic hydroxyl groups excluding tert-OH is 1. The van der Waals surface area contributed by atoms with Gasteiger partial charge in [0.05, 0.1) is 6.61 Å². The minimum Gasteiger partial charge on any atom is -0.396 e. The molecule has 0 heterocycles. The van der Waals surface area contributed by atoms with E-state index in [1.165, 1.54) is 28.8 Å². The van der Waals surface area contributed by atoms with E-state index in [1.807, 2.05) is 0 Å². The lowest BCUT2D eigenvalue weighted by Crippen LogP contribution is -2.08. The molecule has 2 heteroatoms. The summed E-state index contributed by atoms with van der Waals surface area (Å²) in [4.78, 5) is 0. The molecule has 2 aromatic rings. The van der Waals surface area contributed by atoms with Crippen molar-refractivity contribution in [2.24, 2.45) is 0 Å². The highest BCUT2D eigenvalue weighted by atomic mass is 19.1. The maximum Gasteiger partial charge on any atom is 0.123 e. The van der Waals surface area contributed by atoms with Crippen LogP contribution in [0.15, 0.2) is 42.5 Å². The molecule has 0 aromatic heterocycles. The molecular formula is C17H19FO. The van der Waals surface area contributed by atoms with Gasteiger partial charge in [-0.05, 0) is 43.5 Å². The molecule has 0 aliphatic carbocycles. The second kappa shape index (κ2) is 5.98. The molecule has 0 fully saturated rings. The molecule has 19 heavy (non-hydrogen) atoms. The summed E-state index contributed by atoms with van der Waals surface area (Å²) in [6, 6.07) is 12.8. The monoisotopic (exact) mass is 258 g/mol. The van der Waals surface area contributed by atoms with Crippen molar-refractivity contribution in [1.82, 2.24) is 0 Å². The van der Waals surface area contributed by atoms with Gasteiger partial charge in [-0.2, -0.15) is 0 Å². The molecule has 0 aliphatic heterocycles.